The van der Waals surface area contributed by atoms with Crippen molar-refractivity contribution < 1.29 is 9.47 Å². The molecule has 0 aliphatic carbocycles. The highest BCUT2D eigenvalue weighted by molar-refractivity contribution is 4.84. The Morgan fingerprint density at radius 2 is 2.23 bits per heavy atom. The van der Waals surface area contributed by atoms with Crippen molar-refractivity contribution in [3.8, 4) is 0 Å². The van der Waals surface area contributed by atoms with Crippen molar-refractivity contribution in [2.75, 3.05) is 19.8 Å². The van der Waals surface area contributed by atoms with Crippen LogP contribution in [0.3, 0.4) is 0 Å². The lowest BCUT2D eigenvalue weighted by Crippen LogP contribution is -2.37. The fraction of sp³-hybridized carbons (Fsp3) is 1.00. The van der Waals surface area contributed by atoms with Crippen LogP contribution in [0.25, 0.3) is 0 Å². The largest absolute Gasteiger partial charge is 0.380 e. The van der Waals surface area contributed by atoms with Gasteiger partial charge in [-0.15, -0.1) is 0 Å². The van der Waals surface area contributed by atoms with Gasteiger partial charge in [-0.2, -0.15) is 0 Å². The first kappa shape index (κ1) is 11.0. The summed E-state index contributed by atoms with van der Waals surface area (Å²) < 4.78 is 11.2. The normalized spacial score (nSPS) is 28.6. The molecule has 0 spiro atoms. The van der Waals surface area contributed by atoms with Crippen LogP contribution in [-0.2, 0) is 9.47 Å². The first-order valence-electron chi connectivity index (χ1n) is 5.20. The molecule has 0 aromatic carbocycles. The Morgan fingerprint density at radius 1 is 1.46 bits per heavy atom. The summed E-state index contributed by atoms with van der Waals surface area (Å²) in [5.41, 5.74) is 0. The lowest BCUT2D eigenvalue weighted by atomic mass is 10.2. The maximum atomic E-state index is 5.78. The lowest BCUT2D eigenvalue weighted by molar-refractivity contribution is -0.0166. The summed E-state index contributed by atoms with van der Waals surface area (Å²) in [6.07, 6.45) is 1.76. The van der Waals surface area contributed by atoms with Crippen molar-refractivity contribution in [2.45, 2.75) is 45.4 Å². The van der Waals surface area contributed by atoms with Gasteiger partial charge in [-0.25, -0.2) is 0 Å². The van der Waals surface area contributed by atoms with Gasteiger partial charge in [-0.05, 0) is 33.7 Å². The van der Waals surface area contributed by atoms with E-state index in [0.717, 1.165) is 26.2 Å². The van der Waals surface area contributed by atoms with Gasteiger partial charge in [0.25, 0.3) is 0 Å². The fourth-order valence-corrected chi connectivity index (χ4v) is 1.67. The smallest absolute Gasteiger partial charge is 0.0766 e. The van der Waals surface area contributed by atoms with E-state index in [1.54, 1.807) is 0 Å². The topological polar surface area (TPSA) is 30.5 Å². The standard InChI is InChI=1S/C10H21NO2/c1-4-12-7-9-10(5-6-11-9)13-8(2)3/h8-11H,4-7H2,1-3H3/t9-,10+/m1/s1. The van der Waals surface area contributed by atoms with Gasteiger partial charge >= 0.3 is 0 Å². The molecule has 1 fully saturated rings. The molecule has 3 heteroatoms. The van der Waals surface area contributed by atoms with Crippen LogP contribution in [0, 0.1) is 0 Å². The molecule has 1 aliphatic rings. The number of hydrogen-bond acceptors (Lipinski definition) is 3. The molecule has 2 atom stereocenters. The molecule has 1 heterocycles. The minimum Gasteiger partial charge on any atom is -0.380 e. The third kappa shape index (κ3) is 3.63. The zero-order chi connectivity index (χ0) is 9.68. The zero-order valence-electron chi connectivity index (χ0n) is 8.88. The quantitative estimate of drug-likeness (QED) is 0.701. The van der Waals surface area contributed by atoms with E-state index in [2.05, 4.69) is 19.2 Å². The Hall–Kier alpha value is -0.120. The molecular weight excluding hydrogens is 166 g/mol. The highest BCUT2D eigenvalue weighted by Gasteiger charge is 2.27. The molecule has 3 nitrogen and oxygen atoms in total. The van der Waals surface area contributed by atoms with Gasteiger partial charge in [0, 0.05) is 6.61 Å². The first-order chi connectivity index (χ1) is 6.24. The van der Waals surface area contributed by atoms with Crippen molar-refractivity contribution in [3.63, 3.8) is 0 Å². The second-order valence-electron chi connectivity index (χ2n) is 3.73. The van der Waals surface area contributed by atoms with E-state index in [1.165, 1.54) is 0 Å². The van der Waals surface area contributed by atoms with Crippen LogP contribution >= 0.6 is 0 Å². The zero-order valence-corrected chi connectivity index (χ0v) is 8.88. The fourth-order valence-electron chi connectivity index (χ4n) is 1.67. The van der Waals surface area contributed by atoms with Crippen molar-refractivity contribution in [1.29, 1.82) is 0 Å². The second-order valence-corrected chi connectivity index (χ2v) is 3.73. The summed E-state index contributed by atoms with van der Waals surface area (Å²) >= 11 is 0. The molecular formula is C10H21NO2. The van der Waals surface area contributed by atoms with Gasteiger partial charge in [0.2, 0.25) is 0 Å². The van der Waals surface area contributed by atoms with E-state index >= 15 is 0 Å². The third-order valence-electron chi connectivity index (χ3n) is 2.23. The number of nitrogens with one attached hydrogen (secondary N) is 1. The minimum absolute atomic E-state index is 0.314. The van der Waals surface area contributed by atoms with E-state index in [4.69, 9.17) is 9.47 Å². The van der Waals surface area contributed by atoms with Gasteiger partial charge in [-0.1, -0.05) is 0 Å². The van der Waals surface area contributed by atoms with Gasteiger partial charge < -0.3 is 14.8 Å². The van der Waals surface area contributed by atoms with Crippen LogP contribution < -0.4 is 5.32 Å². The van der Waals surface area contributed by atoms with Crippen LogP contribution in [0.1, 0.15) is 27.2 Å². The molecule has 0 aromatic heterocycles. The summed E-state index contributed by atoms with van der Waals surface area (Å²) in [7, 11) is 0. The molecule has 0 amide bonds. The number of hydrogen-bond donors (Lipinski definition) is 1. The predicted molar refractivity (Wildman–Crippen MR) is 52.9 cm³/mol. The Bertz CT molecular complexity index is 139. The van der Waals surface area contributed by atoms with Gasteiger partial charge in [-0.3, -0.25) is 0 Å². The molecule has 1 aliphatic heterocycles. The monoisotopic (exact) mass is 187 g/mol. The molecule has 1 saturated heterocycles. The predicted octanol–water partition coefficient (Wildman–Crippen LogP) is 1.18. The number of ether oxygens (including phenoxy) is 2. The van der Waals surface area contributed by atoms with Crippen molar-refractivity contribution in [1.82, 2.24) is 5.32 Å². The SMILES string of the molecule is CCOC[C@H]1NCC[C@@H]1OC(C)C. The molecule has 1 rings (SSSR count). The molecule has 1 N–H and O–H groups in total. The van der Waals surface area contributed by atoms with Gasteiger partial charge in [0.15, 0.2) is 0 Å². The van der Waals surface area contributed by atoms with Crippen molar-refractivity contribution in [2.24, 2.45) is 0 Å². The summed E-state index contributed by atoms with van der Waals surface area (Å²) in [4.78, 5) is 0. The maximum absolute atomic E-state index is 5.78. The van der Waals surface area contributed by atoms with E-state index < -0.39 is 0 Å². The number of rotatable bonds is 5. The highest BCUT2D eigenvalue weighted by atomic mass is 16.5. The van der Waals surface area contributed by atoms with E-state index in [1.807, 2.05) is 6.92 Å². The van der Waals surface area contributed by atoms with Crippen LogP contribution in [0.15, 0.2) is 0 Å². The molecule has 0 radical (unpaired) electrons. The minimum atomic E-state index is 0.314. The first-order valence-corrected chi connectivity index (χ1v) is 5.20. The van der Waals surface area contributed by atoms with Crippen LogP contribution in [0.5, 0.6) is 0 Å². The van der Waals surface area contributed by atoms with Crippen LogP contribution in [0.2, 0.25) is 0 Å². The molecule has 0 aromatic rings. The summed E-state index contributed by atoms with van der Waals surface area (Å²) in [5, 5.41) is 3.40. The molecule has 0 unspecified atom stereocenters. The van der Waals surface area contributed by atoms with Crippen molar-refractivity contribution >= 4 is 0 Å². The second kappa shape index (κ2) is 5.58. The Morgan fingerprint density at radius 3 is 2.85 bits per heavy atom. The van der Waals surface area contributed by atoms with Gasteiger partial charge in [0.05, 0.1) is 24.9 Å². The molecule has 78 valence electrons. The Kier molecular flexibility index (Phi) is 4.70. The average Bonchev–Trinajstić information content (AvgIpc) is 2.48. The highest BCUT2D eigenvalue weighted by Crippen LogP contribution is 2.13. The van der Waals surface area contributed by atoms with Crippen LogP contribution in [0.4, 0.5) is 0 Å². The molecule has 13 heavy (non-hydrogen) atoms. The summed E-state index contributed by atoms with van der Waals surface area (Å²) in [5.74, 6) is 0. The van der Waals surface area contributed by atoms with E-state index in [0.29, 0.717) is 18.2 Å². The lowest BCUT2D eigenvalue weighted by Gasteiger charge is -2.21. The van der Waals surface area contributed by atoms with Crippen molar-refractivity contribution in [3.05, 3.63) is 0 Å². The maximum Gasteiger partial charge on any atom is 0.0766 e. The third-order valence-corrected chi connectivity index (χ3v) is 2.23. The Labute approximate surface area is 80.8 Å². The van der Waals surface area contributed by atoms with E-state index in [9.17, 15) is 0 Å². The molecule has 0 bridgehead atoms. The summed E-state index contributed by atoms with van der Waals surface area (Å²) in [6, 6.07) is 0.391. The van der Waals surface area contributed by atoms with E-state index in [-0.39, 0.29) is 0 Å². The average molecular weight is 187 g/mol. The van der Waals surface area contributed by atoms with Gasteiger partial charge in [0.1, 0.15) is 0 Å². The molecule has 0 saturated carbocycles. The Balaban J connectivity index is 2.26. The van der Waals surface area contributed by atoms with Crippen LogP contribution in [-0.4, -0.2) is 38.0 Å². The summed E-state index contributed by atoms with van der Waals surface area (Å²) in [6.45, 7) is 8.79.